The topological polar surface area (TPSA) is 60.5 Å². The molecule has 2 aromatic rings. The fraction of sp³-hybridized carbons (Fsp3) is 0.519. The summed E-state index contributed by atoms with van der Waals surface area (Å²) >= 11 is 0. The van der Waals surface area contributed by atoms with Crippen LogP contribution in [-0.4, -0.2) is 70.3 Å². The third kappa shape index (κ3) is 5.25. The molecule has 7 heteroatoms. The molecule has 1 fully saturated rings. The molecule has 184 valence electrons. The number of carbonyl (C=O) groups excluding carboxylic acids is 1. The molecule has 0 N–H and O–H groups in total. The van der Waals surface area contributed by atoms with Crippen molar-refractivity contribution < 1.29 is 23.7 Å². The molecule has 0 radical (unpaired) electrons. The van der Waals surface area contributed by atoms with Crippen LogP contribution >= 0.6 is 0 Å². The number of piperidine rings is 1. The summed E-state index contributed by atoms with van der Waals surface area (Å²) in [5, 5.41) is 0. The van der Waals surface area contributed by atoms with Crippen molar-refractivity contribution >= 4 is 5.91 Å². The predicted octanol–water partition coefficient (Wildman–Crippen LogP) is 3.56. The maximum atomic E-state index is 13.4. The van der Waals surface area contributed by atoms with Crippen LogP contribution in [-0.2, 0) is 24.2 Å². The lowest BCUT2D eigenvalue weighted by molar-refractivity contribution is -0.138. The van der Waals surface area contributed by atoms with Gasteiger partial charge in [0.2, 0.25) is 5.91 Å². The summed E-state index contributed by atoms with van der Waals surface area (Å²) in [6.07, 6.45) is 3.77. The zero-order valence-electron chi connectivity index (χ0n) is 20.8. The molecule has 1 atom stereocenters. The number of rotatable bonds is 8. The first-order valence-electron chi connectivity index (χ1n) is 12.0. The lowest BCUT2D eigenvalue weighted by Gasteiger charge is -2.37. The van der Waals surface area contributed by atoms with E-state index in [2.05, 4.69) is 11.0 Å². The van der Waals surface area contributed by atoms with Gasteiger partial charge in [-0.2, -0.15) is 0 Å². The monoisotopic (exact) mass is 468 g/mol. The quantitative estimate of drug-likeness (QED) is 0.591. The Balaban J connectivity index is 1.36. The second-order valence-electron chi connectivity index (χ2n) is 9.06. The Kier molecular flexibility index (Phi) is 7.83. The molecular weight excluding hydrogens is 432 g/mol. The van der Waals surface area contributed by atoms with E-state index in [4.69, 9.17) is 18.9 Å². The Morgan fingerprint density at radius 1 is 0.882 bits per heavy atom. The van der Waals surface area contributed by atoms with Gasteiger partial charge in [0.25, 0.3) is 0 Å². The van der Waals surface area contributed by atoms with E-state index >= 15 is 0 Å². The van der Waals surface area contributed by atoms with Gasteiger partial charge in [-0.3, -0.25) is 4.79 Å². The minimum absolute atomic E-state index is 0.0563. The summed E-state index contributed by atoms with van der Waals surface area (Å²) in [4.78, 5) is 17.9. The highest BCUT2D eigenvalue weighted by Gasteiger charge is 2.31. The highest BCUT2D eigenvalue weighted by molar-refractivity contribution is 5.79. The Morgan fingerprint density at radius 2 is 1.56 bits per heavy atom. The molecule has 1 unspecified atom stereocenters. The van der Waals surface area contributed by atoms with Gasteiger partial charge in [-0.15, -0.1) is 0 Å². The van der Waals surface area contributed by atoms with E-state index in [9.17, 15) is 4.79 Å². The molecule has 0 aliphatic carbocycles. The normalized spacial score (nSPS) is 18.2. The lowest BCUT2D eigenvalue weighted by atomic mass is 9.93. The molecule has 2 aliphatic heterocycles. The van der Waals surface area contributed by atoms with Crippen LogP contribution in [0.4, 0.5) is 0 Å². The molecule has 0 spiro atoms. The van der Waals surface area contributed by atoms with Crippen LogP contribution in [0.2, 0.25) is 0 Å². The van der Waals surface area contributed by atoms with Crippen LogP contribution in [0.3, 0.4) is 0 Å². The number of methoxy groups -OCH3 is 4. The number of hydrogen-bond acceptors (Lipinski definition) is 6. The van der Waals surface area contributed by atoms with Gasteiger partial charge >= 0.3 is 0 Å². The molecule has 0 bridgehead atoms. The van der Waals surface area contributed by atoms with Crippen molar-refractivity contribution in [2.24, 2.45) is 5.92 Å². The van der Waals surface area contributed by atoms with Crippen LogP contribution in [0.25, 0.3) is 0 Å². The minimum Gasteiger partial charge on any atom is -0.493 e. The third-order valence-corrected chi connectivity index (χ3v) is 7.05. The number of amides is 1. The number of fused-ring (bicyclic) bond motifs is 1. The van der Waals surface area contributed by atoms with Crippen LogP contribution in [0.5, 0.6) is 23.0 Å². The van der Waals surface area contributed by atoms with Gasteiger partial charge in [0.15, 0.2) is 23.0 Å². The Hall–Kier alpha value is -2.93. The van der Waals surface area contributed by atoms with Gasteiger partial charge in [-0.25, -0.2) is 0 Å². The Morgan fingerprint density at radius 3 is 2.26 bits per heavy atom. The lowest BCUT2D eigenvalue weighted by Crippen LogP contribution is -2.46. The zero-order chi connectivity index (χ0) is 24.1. The van der Waals surface area contributed by atoms with Gasteiger partial charge < -0.3 is 28.7 Å². The maximum Gasteiger partial charge on any atom is 0.227 e. The van der Waals surface area contributed by atoms with Crippen LogP contribution in [0.15, 0.2) is 30.3 Å². The number of likely N-dealkylation sites (tertiary alicyclic amines) is 1. The van der Waals surface area contributed by atoms with E-state index in [0.717, 1.165) is 80.4 Å². The molecule has 2 heterocycles. The number of hydrogen-bond donors (Lipinski definition) is 0. The molecule has 1 saturated heterocycles. The molecule has 1 amide bonds. The standard InChI is InChI=1S/C27H36N2O5/c1-31-23-8-7-19(14-24(23)32-2)9-12-28-11-5-6-21(17-28)27(30)29-13-10-20-15-25(33-3)26(34-4)16-22(20)18-29/h7-8,14-16,21H,5-6,9-13,17-18H2,1-4H3. The molecule has 34 heavy (non-hydrogen) atoms. The summed E-state index contributed by atoms with van der Waals surface area (Å²) in [5.74, 6) is 3.30. The van der Waals surface area contributed by atoms with Gasteiger partial charge in [-0.1, -0.05) is 6.07 Å². The van der Waals surface area contributed by atoms with E-state index in [1.807, 2.05) is 29.2 Å². The summed E-state index contributed by atoms with van der Waals surface area (Å²) in [7, 11) is 6.61. The zero-order valence-corrected chi connectivity index (χ0v) is 20.8. The maximum absolute atomic E-state index is 13.4. The number of nitrogens with zero attached hydrogens (tertiary/aromatic N) is 2. The van der Waals surface area contributed by atoms with Crippen molar-refractivity contribution in [3.63, 3.8) is 0 Å². The van der Waals surface area contributed by atoms with Crippen molar-refractivity contribution in [2.45, 2.75) is 32.2 Å². The van der Waals surface area contributed by atoms with Crippen molar-refractivity contribution in [1.29, 1.82) is 0 Å². The van der Waals surface area contributed by atoms with E-state index in [0.29, 0.717) is 6.54 Å². The SMILES string of the molecule is COc1ccc(CCN2CCCC(C(=O)N3CCc4cc(OC)c(OC)cc4C3)C2)cc1OC. The molecule has 2 aromatic carbocycles. The van der Waals surface area contributed by atoms with Gasteiger partial charge in [0, 0.05) is 26.2 Å². The van der Waals surface area contributed by atoms with Crippen molar-refractivity contribution in [2.75, 3.05) is 54.6 Å². The first-order valence-corrected chi connectivity index (χ1v) is 12.0. The van der Waals surface area contributed by atoms with Gasteiger partial charge in [0.05, 0.1) is 34.4 Å². The summed E-state index contributed by atoms with van der Waals surface area (Å²) in [5.41, 5.74) is 3.60. The predicted molar refractivity (Wildman–Crippen MR) is 131 cm³/mol. The molecule has 2 aliphatic rings. The van der Waals surface area contributed by atoms with E-state index < -0.39 is 0 Å². The smallest absolute Gasteiger partial charge is 0.227 e. The summed E-state index contributed by atoms with van der Waals surface area (Å²) < 4.78 is 21.7. The van der Waals surface area contributed by atoms with E-state index in [-0.39, 0.29) is 11.8 Å². The number of carbonyl (C=O) groups is 1. The third-order valence-electron chi connectivity index (χ3n) is 7.05. The summed E-state index contributed by atoms with van der Waals surface area (Å²) in [6.45, 7) is 4.18. The molecule has 4 rings (SSSR count). The number of benzene rings is 2. The van der Waals surface area contributed by atoms with Crippen molar-refractivity contribution in [3.05, 3.63) is 47.0 Å². The molecule has 7 nitrogen and oxygen atoms in total. The number of ether oxygens (including phenoxy) is 4. The first kappa shape index (κ1) is 24.2. The van der Waals surface area contributed by atoms with Gasteiger partial charge in [-0.05, 0) is 73.2 Å². The Labute approximate surface area is 202 Å². The summed E-state index contributed by atoms with van der Waals surface area (Å²) in [6, 6.07) is 10.1. The minimum atomic E-state index is 0.0563. The van der Waals surface area contributed by atoms with Crippen LogP contribution < -0.4 is 18.9 Å². The van der Waals surface area contributed by atoms with Crippen molar-refractivity contribution in [3.8, 4) is 23.0 Å². The fourth-order valence-corrected chi connectivity index (χ4v) is 5.11. The van der Waals surface area contributed by atoms with E-state index in [1.54, 1.807) is 28.4 Å². The average molecular weight is 469 g/mol. The largest absolute Gasteiger partial charge is 0.493 e. The van der Waals surface area contributed by atoms with E-state index in [1.165, 1.54) is 11.1 Å². The Bertz CT molecular complexity index is 1010. The second-order valence-corrected chi connectivity index (χ2v) is 9.06. The van der Waals surface area contributed by atoms with Crippen LogP contribution in [0, 0.1) is 5.92 Å². The molecule has 0 aromatic heterocycles. The fourth-order valence-electron chi connectivity index (χ4n) is 5.11. The van der Waals surface area contributed by atoms with Crippen molar-refractivity contribution in [1.82, 2.24) is 9.80 Å². The average Bonchev–Trinajstić information content (AvgIpc) is 2.90. The highest BCUT2D eigenvalue weighted by Crippen LogP contribution is 2.34. The molecular formula is C27H36N2O5. The highest BCUT2D eigenvalue weighted by atomic mass is 16.5. The second kappa shape index (κ2) is 11.0. The first-order chi connectivity index (χ1) is 16.6. The molecule has 0 saturated carbocycles. The van der Waals surface area contributed by atoms with Crippen LogP contribution in [0.1, 0.15) is 29.5 Å². The van der Waals surface area contributed by atoms with Gasteiger partial charge in [0.1, 0.15) is 0 Å².